The number of rotatable bonds is 5. The van der Waals surface area contributed by atoms with E-state index in [1.165, 1.54) is 12.1 Å². The van der Waals surface area contributed by atoms with Crippen LogP contribution >= 0.6 is 11.6 Å². The summed E-state index contributed by atoms with van der Waals surface area (Å²) in [4.78, 5) is 22.9. The average molecular weight is 317 g/mol. The van der Waals surface area contributed by atoms with Crippen LogP contribution in [-0.2, 0) is 20.7 Å². The lowest BCUT2D eigenvalue weighted by Gasteiger charge is -2.21. The van der Waals surface area contributed by atoms with E-state index in [2.05, 4.69) is 0 Å². The summed E-state index contributed by atoms with van der Waals surface area (Å²) in [6.45, 7) is 5.08. The number of ether oxygens (including phenoxy) is 1. The third-order valence-electron chi connectivity index (χ3n) is 2.66. The second kappa shape index (κ2) is 6.89. The van der Waals surface area contributed by atoms with Crippen molar-refractivity contribution in [2.24, 2.45) is 5.92 Å². The van der Waals surface area contributed by atoms with Crippen molar-refractivity contribution in [3.63, 3.8) is 0 Å². The molecular formula is C15H18ClFO4. The Bertz CT molecular complexity index is 537. The molecule has 0 fully saturated rings. The Morgan fingerprint density at radius 1 is 1.38 bits per heavy atom. The molecule has 1 aromatic rings. The number of halogens is 2. The standard InChI is InChI=1S/C15H18ClFO4/c1-15(2,3)21-13(18)7-10(14(19)20)6-9-4-5-11(16)8-12(9)17/h4-5,8,10H,6-7H2,1-3H3,(H,19,20)/t10-/m0/s1. The number of carboxylic acid groups (broad SMARTS) is 1. The monoisotopic (exact) mass is 316 g/mol. The van der Waals surface area contributed by atoms with Crippen molar-refractivity contribution in [2.75, 3.05) is 0 Å². The maximum Gasteiger partial charge on any atom is 0.307 e. The van der Waals surface area contributed by atoms with Gasteiger partial charge < -0.3 is 9.84 Å². The lowest BCUT2D eigenvalue weighted by atomic mass is 9.96. The molecule has 0 spiro atoms. The summed E-state index contributed by atoms with van der Waals surface area (Å²) < 4.78 is 18.8. The molecule has 0 aliphatic rings. The minimum Gasteiger partial charge on any atom is -0.481 e. The van der Waals surface area contributed by atoms with Gasteiger partial charge in [0.2, 0.25) is 0 Å². The molecule has 0 saturated carbocycles. The SMILES string of the molecule is CC(C)(C)OC(=O)C[C@H](Cc1ccc(Cl)cc1F)C(=O)O. The van der Waals surface area contributed by atoms with Gasteiger partial charge in [-0.2, -0.15) is 0 Å². The highest BCUT2D eigenvalue weighted by Gasteiger charge is 2.26. The fourth-order valence-electron chi connectivity index (χ4n) is 1.78. The Hall–Kier alpha value is -1.62. The first-order chi connectivity index (χ1) is 9.58. The van der Waals surface area contributed by atoms with Crippen molar-refractivity contribution in [2.45, 2.75) is 39.2 Å². The molecule has 0 aromatic heterocycles. The van der Waals surface area contributed by atoms with E-state index in [1.807, 2.05) is 0 Å². The van der Waals surface area contributed by atoms with Gasteiger partial charge in [0.1, 0.15) is 11.4 Å². The van der Waals surface area contributed by atoms with Gasteiger partial charge in [-0.05, 0) is 44.9 Å². The maximum atomic E-state index is 13.7. The fraction of sp³-hybridized carbons (Fsp3) is 0.467. The van der Waals surface area contributed by atoms with Crippen LogP contribution in [0.5, 0.6) is 0 Å². The first kappa shape index (κ1) is 17.4. The lowest BCUT2D eigenvalue weighted by molar-refractivity contribution is -0.159. The molecule has 1 N–H and O–H groups in total. The summed E-state index contributed by atoms with van der Waals surface area (Å²) in [7, 11) is 0. The number of hydrogen-bond acceptors (Lipinski definition) is 3. The number of aliphatic carboxylic acids is 1. The summed E-state index contributed by atoms with van der Waals surface area (Å²) in [5.74, 6) is -3.42. The molecule has 0 heterocycles. The number of esters is 1. The highest BCUT2D eigenvalue weighted by Crippen LogP contribution is 2.21. The zero-order valence-corrected chi connectivity index (χ0v) is 12.9. The van der Waals surface area contributed by atoms with Gasteiger partial charge in [0, 0.05) is 5.02 Å². The smallest absolute Gasteiger partial charge is 0.307 e. The Balaban J connectivity index is 2.79. The first-order valence-electron chi connectivity index (χ1n) is 6.47. The van der Waals surface area contributed by atoms with E-state index in [4.69, 9.17) is 16.3 Å². The van der Waals surface area contributed by atoms with Crippen LogP contribution in [0.3, 0.4) is 0 Å². The highest BCUT2D eigenvalue weighted by atomic mass is 35.5. The molecule has 0 bridgehead atoms. The molecule has 0 radical (unpaired) electrons. The van der Waals surface area contributed by atoms with Crippen molar-refractivity contribution in [3.05, 3.63) is 34.6 Å². The zero-order chi connectivity index (χ0) is 16.2. The van der Waals surface area contributed by atoms with E-state index in [1.54, 1.807) is 20.8 Å². The van der Waals surface area contributed by atoms with Gasteiger partial charge in [0.25, 0.3) is 0 Å². The molecule has 0 aliphatic carbocycles. The Morgan fingerprint density at radius 3 is 2.48 bits per heavy atom. The molecule has 1 atom stereocenters. The molecule has 0 saturated heterocycles. The van der Waals surface area contributed by atoms with Gasteiger partial charge in [-0.3, -0.25) is 9.59 Å². The van der Waals surface area contributed by atoms with Crippen LogP contribution in [0.2, 0.25) is 5.02 Å². The van der Waals surface area contributed by atoms with Crippen molar-refractivity contribution in [1.29, 1.82) is 0 Å². The van der Waals surface area contributed by atoms with Crippen LogP contribution in [0.1, 0.15) is 32.8 Å². The van der Waals surface area contributed by atoms with Crippen LogP contribution in [0, 0.1) is 11.7 Å². The van der Waals surface area contributed by atoms with Crippen LogP contribution in [-0.4, -0.2) is 22.6 Å². The third kappa shape index (κ3) is 6.12. The van der Waals surface area contributed by atoms with Crippen molar-refractivity contribution in [1.82, 2.24) is 0 Å². The topological polar surface area (TPSA) is 63.6 Å². The normalized spacial score (nSPS) is 12.8. The van der Waals surface area contributed by atoms with E-state index >= 15 is 0 Å². The predicted octanol–water partition coefficient (Wildman–Crippen LogP) is 3.45. The summed E-state index contributed by atoms with van der Waals surface area (Å²) >= 11 is 5.64. The third-order valence-corrected chi connectivity index (χ3v) is 2.90. The van der Waals surface area contributed by atoms with Crippen LogP contribution < -0.4 is 0 Å². The average Bonchev–Trinajstić information content (AvgIpc) is 2.28. The molecule has 0 unspecified atom stereocenters. The molecule has 21 heavy (non-hydrogen) atoms. The number of carbonyl (C=O) groups excluding carboxylic acids is 1. The molecule has 116 valence electrons. The molecule has 4 nitrogen and oxygen atoms in total. The van der Waals surface area contributed by atoms with Crippen molar-refractivity contribution in [3.8, 4) is 0 Å². The van der Waals surface area contributed by atoms with Gasteiger partial charge in [0.15, 0.2) is 0 Å². The second-order valence-corrected chi connectivity index (χ2v) is 6.20. The molecule has 1 aromatic carbocycles. The highest BCUT2D eigenvalue weighted by molar-refractivity contribution is 6.30. The number of benzene rings is 1. The molecule has 0 aliphatic heterocycles. The molecule has 0 amide bonds. The summed E-state index contributed by atoms with van der Waals surface area (Å²) in [5, 5.41) is 9.40. The predicted molar refractivity (Wildman–Crippen MR) is 76.7 cm³/mol. The lowest BCUT2D eigenvalue weighted by Crippen LogP contribution is -2.28. The van der Waals surface area contributed by atoms with E-state index in [-0.39, 0.29) is 23.4 Å². The first-order valence-corrected chi connectivity index (χ1v) is 6.85. The number of carboxylic acids is 1. The van der Waals surface area contributed by atoms with E-state index in [0.29, 0.717) is 0 Å². The van der Waals surface area contributed by atoms with Crippen molar-refractivity contribution < 1.29 is 23.8 Å². The van der Waals surface area contributed by atoms with Gasteiger partial charge in [-0.15, -0.1) is 0 Å². The summed E-state index contributed by atoms with van der Waals surface area (Å²) in [6.07, 6.45) is -0.410. The van der Waals surface area contributed by atoms with E-state index in [0.717, 1.165) is 6.07 Å². The Kier molecular flexibility index (Phi) is 5.72. The summed E-state index contributed by atoms with van der Waals surface area (Å²) in [6, 6.07) is 4.01. The van der Waals surface area contributed by atoms with Gasteiger partial charge >= 0.3 is 11.9 Å². The minimum atomic E-state index is -1.17. The minimum absolute atomic E-state index is 0.0996. The zero-order valence-electron chi connectivity index (χ0n) is 12.2. The van der Waals surface area contributed by atoms with Gasteiger partial charge in [-0.1, -0.05) is 17.7 Å². The van der Waals surface area contributed by atoms with Crippen LogP contribution in [0.25, 0.3) is 0 Å². The van der Waals surface area contributed by atoms with Gasteiger partial charge in [0.05, 0.1) is 12.3 Å². The molecular weight excluding hydrogens is 299 g/mol. The largest absolute Gasteiger partial charge is 0.481 e. The van der Waals surface area contributed by atoms with E-state index in [9.17, 15) is 19.1 Å². The fourth-order valence-corrected chi connectivity index (χ4v) is 1.94. The Labute approximate surface area is 127 Å². The van der Waals surface area contributed by atoms with Crippen molar-refractivity contribution >= 4 is 23.5 Å². The summed E-state index contributed by atoms with van der Waals surface area (Å²) in [5.41, 5.74) is -0.485. The van der Waals surface area contributed by atoms with Crippen LogP contribution in [0.4, 0.5) is 4.39 Å². The Morgan fingerprint density at radius 2 is 2.00 bits per heavy atom. The number of hydrogen-bond donors (Lipinski definition) is 1. The second-order valence-electron chi connectivity index (χ2n) is 5.77. The quantitative estimate of drug-likeness (QED) is 0.845. The number of carbonyl (C=O) groups is 2. The van der Waals surface area contributed by atoms with Gasteiger partial charge in [-0.25, -0.2) is 4.39 Å². The molecule has 1 rings (SSSR count). The maximum absolute atomic E-state index is 13.7. The van der Waals surface area contributed by atoms with E-state index < -0.39 is 29.3 Å². The molecule has 6 heteroatoms. The van der Waals surface area contributed by atoms with Crippen LogP contribution in [0.15, 0.2) is 18.2 Å².